The number of aromatic nitrogens is 1. The Hall–Kier alpha value is -0.410. The van der Waals surface area contributed by atoms with E-state index < -0.39 is 0 Å². The fourth-order valence-electron chi connectivity index (χ4n) is 3.12. The highest BCUT2D eigenvalue weighted by Crippen LogP contribution is 2.35. The van der Waals surface area contributed by atoms with Gasteiger partial charge in [-0.3, -0.25) is 0 Å². The van der Waals surface area contributed by atoms with Crippen LogP contribution in [0.15, 0.2) is 0 Å². The molecule has 0 aromatic carbocycles. The number of hydrogen-bond acceptors (Lipinski definition) is 3. The standard InChI is InChI=1S/C15H26N2S/c1-4-13-11(2)18-15(17-13)14(16-3)12-9-7-5-6-8-10-12/h12,14,16H,4-10H2,1-3H3. The number of aryl methyl sites for hydroxylation is 2. The van der Waals surface area contributed by atoms with Crippen LogP contribution in [-0.2, 0) is 6.42 Å². The summed E-state index contributed by atoms with van der Waals surface area (Å²) in [5, 5.41) is 4.85. The van der Waals surface area contributed by atoms with Crippen LogP contribution in [0, 0.1) is 12.8 Å². The van der Waals surface area contributed by atoms with Crippen molar-refractivity contribution >= 4 is 11.3 Å². The van der Waals surface area contributed by atoms with E-state index in [2.05, 4.69) is 26.2 Å². The summed E-state index contributed by atoms with van der Waals surface area (Å²) >= 11 is 1.90. The molecule has 1 unspecified atom stereocenters. The van der Waals surface area contributed by atoms with Gasteiger partial charge in [0.25, 0.3) is 0 Å². The molecule has 1 aromatic rings. The molecule has 1 atom stereocenters. The lowest BCUT2D eigenvalue weighted by Crippen LogP contribution is -2.25. The molecule has 1 saturated carbocycles. The molecule has 0 aliphatic heterocycles. The molecule has 1 aliphatic carbocycles. The maximum Gasteiger partial charge on any atom is 0.110 e. The van der Waals surface area contributed by atoms with E-state index in [-0.39, 0.29) is 0 Å². The Balaban J connectivity index is 2.15. The van der Waals surface area contributed by atoms with E-state index in [1.807, 2.05) is 11.3 Å². The van der Waals surface area contributed by atoms with Gasteiger partial charge in [-0.15, -0.1) is 11.3 Å². The van der Waals surface area contributed by atoms with Crippen LogP contribution in [0.1, 0.15) is 67.1 Å². The second-order valence-electron chi connectivity index (χ2n) is 5.43. The van der Waals surface area contributed by atoms with E-state index in [9.17, 15) is 0 Å². The van der Waals surface area contributed by atoms with E-state index >= 15 is 0 Å². The van der Waals surface area contributed by atoms with Gasteiger partial charge in [-0.2, -0.15) is 0 Å². The summed E-state index contributed by atoms with van der Waals surface area (Å²) in [6.45, 7) is 4.41. The molecule has 1 heterocycles. The summed E-state index contributed by atoms with van der Waals surface area (Å²) in [4.78, 5) is 6.27. The van der Waals surface area contributed by atoms with Gasteiger partial charge in [0.15, 0.2) is 0 Å². The summed E-state index contributed by atoms with van der Waals surface area (Å²) in [5.74, 6) is 0.785. The van der Waals surface area contributed by atoms with Crippen molar-refractivity contribution in [3.63, 3.8) is 0 Å². The molecule has 102 valence electrons. The van der Waals surface area contributed by atoms with Gasteiger partial charge in [0.2, 0.25) is 0 Å². The Bertz CT molecular complexity index is 365. The lowest BCUT2D eigenvalue weighted by Gasteiger charge is -2.23. The van der Waals surface area contributed by atoms with Crippen molar-refractivity contribution in [2.45, 2.75) is 64.8 Å². The molecule has 0 bridgehead atoms. The first-order valence-electron chi connectivity index (χ1n) is 7.39. The Kier molecular flexibility index (Phi) is 5.19. The predicted octanol–water partition coefficient (Wildman–Crippen LogP) is 4.24. The topological polar surface area (TPSA) is 24.9 Å². The van der Waals surface area contributed by atoms with Gasteiger partial charge in [0.1, 0.15) is 5.01 Å². The summed E-state index contributed by atoms with van der Waals surface area (Å²) in [7, 11) is 2.10. The zero-order chi connectivity index (χ0) is 13.0. The van der Waals surface area contributed by atoms with Crippen molar-refractivity contribution in [1.82, 2.24) is 10.3 Å². The third kappa shape index (κ3) is 3.12. The zero-order valence-corrected chi connectivity index (χ0v) is 12.8. The van der Waals surface area contributed by atoms with Crippen LogP contribution in [0.2, 0.25) is 0 Å². The van der Waals surface area contributed by atoms with E-state index in [4.69, 9.17) is 4.98 Å². The molecule has 0 radical (unpaired) electrons. The molecular formula is C15H26N2S. The monoisotopic (exact) mass is 266 g/mol. The van der Waals surface area contributed by atoms with Gasteiger partial charge in [-0.1, -0.05) is 32.6 Å². The summed E-state index contributed by atoms with van der Waals surface area (Å²) in [6.07, 6.45) is 9.43. The Morgan fingerprint density at radius 1 is 1.28 bits per heavy atom. The molecule has 1 fully saturated rings. The first-order chi connectivity index (χ1) is 8.76. The smallest absolute Gasteiger partial charge is 0.110 e. The average molecular weight is 266 g/mol. The predicted molar refractivity (Wildman–Crippen MR) is 79.2 cm³/mol. The molecule has 1 N–H and O–H groups in total. The molecule has 3 heteroatoms. The Morgan fingerprint density at radius 2 is 1.94 bits per heavy atom. The van der Waals surface area contributed by atoms with E-state index in [1.54, 1.807) is 0 Å². The maximum atomic E-state index is 4.86. The average Bonchev–Trinajstić information content (AvgIpc) is 2.59. The van der Waals surface area contributed by atoms with Gasteiger partial charge in [0, 0.05) is 4.88 Å². The molecule has 1 aliphatic rings. The van der Waals surface area contributed by atoms with Crippen molar-refractivity contribution in [3.05, 3.63) is 15.6 Å². The van der Waals surface area contributed by atoms with Gasteiger partial charge >= 0.3 is 0 Å². The minimum atomic E-state index is 0.479. The van der Waals surface area contributed by atoms with Crippen LogP contribution in [-0.4, -0.2) is 12.0 Å². The van der Waals surface area contributed by atoms with Crippen molar-refractivity contribution in [1.29, 1.82) is 0 Å². The van der Waals surface area contributed by atoms with E-state index in [0.717, 1.165) is 12.3 Å². The minimum Gasteiger partial charge on any atom is -0.311 e. The number of nitrogens with zero attached hydrogens (tertiary/aromatic N) is 1. The molecule has 18 heavy (non-hydrogen) atoms. The summed E-state index contributed by atoms with van der Waals surface area (Å²) in [6, 6.07) is 0.479. The van der Waals surface area contributed by atoms with Gasteiger partial charge in [-0.25, -0.2) is 4.98 Å². The normalized spacial score (nSPS) is 19.7. The number of rotatable bonds is 4. The Morgan fingerprint density at radius 3 is 2.44 bits per heavy atom. The van der Waals surface area contributed by atoms with Crippen molar-refractivity contribution in [2.75, 3.05) is 7.05 Å². The lowest BCUT2D eigenvalue weighted by molar-refractivity contribution is 0.340. The van der Waals surface area contributed by atoms with Crippen LogP contribution >= 0.6 is 11.3 Å². The first-order valence-corrected chi connectivity index (χ1v) is 8.21. The summed E-state index contributed by atoms with van der Waals surface area (Å²) in [5.41, 5.74) is 1.30. The van der Waals surface area contributed by atoms with E-state index in [0.29, 0.717) is 6.04 Å². The molecule has 2 nitrogen and oxygen atoms in total. The van der Waals surface area contributed by atoms with Crippen molar-refractivity contribution in [2.24, 2.45) is 5.92 Å². The molecule has 1 aromatic heterocycles. The number of thiazole rings is 1. The van der Waals surface area contributed by atoms with Gasteiger partial charge < -0.3 is 5.32 Å². The quantitative estimate of drug-likeness (QED) is 0.824. The second kappa shape index (κ2) is 6.67. The molecule has 0 saturated heterocycles. The fourth-order valence-corrected chi connectivity index (χ4v) is 4.33. The number of nitrogens with one attached hydrogen (secondary N) is 1. The molecule has 2 rings (SSSR count). The van der Waals surface area contributed by atoms with Crippen LogP contribution in [0.25, 0.3) is 0 Å². The summed E-state index contributed by atoms with van der Waals surface area (Å²) < 4.78 is 0. The third-order valence-corrected chi connectivity index (χ3v) is 5.29. The van der Waals surface area contributed by atoms with Gasteiger partial charge in [-0.05, 0) is 39.2 Å². The largest absolute Gasteiger partial charge is 0.311 e. The molecule has 0 spiro atoms. The SMILES string of the molecule is CCc1nc(C(NC)C2CCCCCC2)sc1C. The zero-order valence-electron chi connectivity index (χ0n) is 12.0. The highest BCUT2D eigenvalue weighted by molar-refractivity contribution is 7.11. The van der Waals surface area contributed by atoms with Crippen LogP contribution in [0.4, 0.5) is 0 Å². The van der Waals surface area contributed by atoms with Crippen LogP contribution < -0.4 is 5.32 Å². The van der Waals surface area contributed by atoms with Crippen LogP contribution in [0.3, 0.4) is 0 Å². The highest BCUT2D eigenvalue weighted by atomic mass is 32.1. The van der Waals surface area contributed by atoms with Gasteiger partial charge in [0.05, 0.1) is 11.7 Å². The molecular weight excluding hydrogens is 240 g/mol. The maximum absolute atomic E-state index is 4.86. The number of hydrogen-bond donors (Lipinski definition) is 1. The van der Waals surface area contributed by atoms with E-state index in [1.165, 1.54) is 54.1 Å². The minimum absolute atomic E-state index is 0.479. The van der Waals surface area contributed by atoms with Crippen LogP contribution in [0.5, 0.6) is 0 Å². The second-order valence-corrected chi connectivity index (χ2v) is 6.66. The third-order valence-electron chi connectivity index (χ3n) is 4.19. The Labute approximate surface area is 115 Å². The first kappa shape index (κ1) is 14.0. The molecule has 0 amide bonds. The highest BCUT2D eigenvalue weighted by Gasteiger charge is 2.25. The van der Waals surface area contributed by atoms with Crippen molar-refractivity contribution < 1.29 is 0 Å². The van der Waals surface area contributed by atoms with Crippen molar-refractivity contribution in [3.8, 4) is 0 Å². The fraction of sp³-hybridized carbons (Fsp3) is 0.800. The lowest BCUT2D eigenvalue weighted by atomic mass is 9.92.